The molecule has 20 heavy (non-hydrogen) atoms. The van der Waals surface area contributed by atoms with Gasteiger partial charge in [-0.3, -0.25) is 10.1 Å². The predicted octanol–water partition coefficient (Wildman–Crippen LogP) is 0.990. The second-order valence-corrected chi connectivity index (χ2v) is 3.81. The molecule has 0 unspecified atom stereocenters. The highest BCUT2D eigenvalue weighted by atomic mass is 35.5. The van der Waals surface area contributed by atoms with Crippen LogP contribution in [-0.4, -0.2) is 37.7 Å². The van der Waals surface area contributed by atoms with Crippen LogP contribution in [0.4, 0.5) is 5.69 Å². The van der Waals surface area contributed by atoms with Crippen molar-refractivity contribution in [1.82, 2.24) is 20.2 Å². The Morgan fingerprint density at radius 3 is 3.05 bits per heavy atom. The molecule has 0 aliphatic heterocycles. The van der Waals surface area contributed by atoms with E-state index in [9.17, 15) is 14.9 Å². The Morgan fingerprint density at radius 2 is 2.35 bits per heavy atom. The van der Waals surface area contributed by atoms with Gasteiger partial charge in [-0.05, 0) is 22.6 Å². The minimum Gasteiger partial charge on any atom is -0.457 e. The first-order valence-corrected chi connectivity index (χ1v) is 5.56. The molecule has 1 aromatic carbocycles. The number of tetrazole rings is 1. The summed E-state index contributed by atoms with van der Waals surface area (Å²) in [5.74, 6) is 1.54. The van der Waals surface area contributed by atoms with E-state index in [0.29, 0.717) is 5.69 Å². The molecule has 2 aromatic rings. The van der Waals surface area contributed by atoms with Gasteiger partial charge in [0.1, 0.15) is 17.6 Å². The fourth-order valence-corrected chi connectivity index (χ4v) is 1.54. The first-order chi connectivity index (χ1) is 9.63. The Kier molecular flexibility index (Phi) is 4.04. The standard InChI is InChI=1S/C10H6ClN5O4/c11-8-3-2-7(6-9(8)16(18)19)15-10(12-13-14-15)20-5-1-4-17/h1-3,6H,5H2. The SMILES string of the molecule is O=C=CCOc1nnnn1-c1ccc(Cl)c([N+](=O)[O-])c1. The fourth-order valence-electron chi connectivity index (χ4n) is 1.35. The molecular formula is C10H6ClN5O4. The molecule has 0 saturated carbocycles. The molecule has 0 N–H and O–H groups in total. The van der Waals surface area contributed by atoms with Gasteiger partial charge in [0.15, 0.2) is 0 Å². The van der Waals surface area contributed by atoms with Crippen LogP contribution in [0.2, 0.25) is 5.02 Å². The van der Waals surface area contributed by atoms with Gasteiger partial charge >= 0.3 is 6.01 Å². The number of hydrogen-bond acceptors (Lipinski definition) is 7. The molecule has 10 heteroatoms. The molecule has 0 fully saturated rings. The average molecular weight is 296 g/mol. The maximum absolute atomic E-state index is 10.8. The minimum atomic E-state index is -0.619. The van der Waals surface area contributed by atoms with Gasteiger partial charge in [0, 0.05) is 12.1 Å². The number of nitro groups is 1. The van der Waals surface area contributed by atoms with Crippen LogP contribution in [0.15, 0.2) is 24.3 Å². The fraction of sp³-hybridized carbons (Fsp3) is 0.100. The zero-order chi connectivity index (χ0) is 14.5. The highest BCUT2D eigenvalue weighted by Crippen LogP contribution is 2.27. The van der Waals surface area contributed by atoms with Crippen LogP contribution in [-0.2, 0) is 4.79 Å². The number of carbonyl (C=O) groups excluding carboxylic acids is 1. The molecular weight excluding hydrogens is 290 g/mol. The van der Waals surface area contributed by atoms with Gasteiger partial charge in [-0.25, -0.2) is 4.79 Å². The van der Waals surface area contributed by atoms with Crippen molar-refractivity contribution in [1.29, 1.82) is 0 Å². The van der Waals surface area contributed by atoms with E-state index >= 15 is 0 Å². The average Bonchev–Trinajstić information content (AvgIpc) is 2.88. The molecule has 0 spiro atoms. The molecule has 0 bridgehead atoms. The smallest absolute Gasteiger partial charge is 0.340 e. The Labute approximate surface area is 116 Å². The topological polar surface area (TPSA) is 113 Å². The second kappa shape index (κ2) is 5.91. The summed E-state index contributed by atoms with van der Waals surface area (Å²) in [7, 11) is 0. The van der Waals surface area contributed by atoms with Crippen LogP contribution in [0.5, 0.6) is 6.01 Å². The zero-order valence-corrected chi connectivity index (χ0v) is 10.5. The second-order valence-electron chi connectivity index (χ2n) is 3.40. The summed E-state index contributed by atoms with van der Waals surface area (Å²) in [6.07, 6.45) is 1.10. The quantitative estimate of drug-likeness (QED) is 0.459. The van der Waals surface area contributed by atoms with E-state index in [4.69, 9.17) is 16.3 Å². The van der Waals surface area contributed by atoms with Crippen molar-refractivity contribution in [2.75, 3.05) is 6.61 Å². The number of halogens is 1. The van der Waals surface area contributed by atoms with Crippen molar-refractivity contribution in [2.45, 2.75) is 0 Å². The van der Waals surface area contributed by atoms with Crippen LogP contribution in [0.1, 0.15) is 0 Å². The Morgan fingerprint density at radius 1 is 1.55 bits per heavy atom. The first-order valence-electron chi connectivity index (χ1n) is 5.18. The lowest BCUT2D eigenvalue weighted by Crippen LogP contribution is -2.04. The van der Waals surface area contributed by atoms with E-state index in [1.54, 1.807) is 0 Å². The maximum Gasteiger partial charge on any atom is 0.340 e. The third kappa shape index (κ3) is 2.79. The predicted molar refractivity (Wildman–Crippen MR) is 66.6 cm³/mol. The number of nitrogens with zero attached hydrogens (tertiary/aromatic N) is 5. The van der Waals surface area contributed by atoms with Crippen molar-refractivity contribution >= 4 is 23.2 Å². The van der Waals surface area contributed by atoms with E-state index in [1.807, 2.05) is 0 Å². The molecule has 0 atom stereocenters. The van der Waals surface area contributed by atoms with Gasteiger partial charge in [0.05, 0.1) is 10.6 Å². The van der Waals surface area contributed by atoms with E-state index < -0.39 is 4.92 Å². The Balaban J connectivity index is 2.37. The molecule has 9 nitrogen and oxygen atoms in total. The van der Waals surface area contributed by atoms with Gasteiger partial charge in [-0.15, -0.1) is 0 Å². The summed E-state index contributed by atoms with van der Waals surface area (Å²) in [6.45, 7) is -0.0699. The van der Waals surface area contributed by atoms with Gasteiger partial charge in [0.2, 0.25) is 0 Å². The largest absolute Gasteiger partial charge is 0.457 e. The van der Waals surface area contributed by atoms with E-state index in [2.05, 4.69) is 15.5 Å². The number of nitro benzene ring substituents is 1. The number of hydrogen-bond donors (Lipinski definition) is 0. The number of ether oxygens (including phenoxy) is 1. The van der Waals surface area contributed by atoms with Gasteiger partial charge < -0.3 is 4.74 Å². The molecule has 0 saturated heterocycles. The van der Waals surface area contributed by atoms with Gasteiger partial charge in [0.25, 0.3) is 5.69 Å². The van der Waals surface area contributed by atoms with Crippen molar-refractivity contribution in [2.24, 2.45) is 0 Å². The van der Waals surface area contributed by atoms with Crippen molar-refractivity contribution < 1.29 is 14.5 Å². The normalized spacial score (nSPS) is 9.85. The maximum atomic E-state index is 10.8. The number of rotatable bonds is 5. The van der Waals surface area contributed by atoms with Crippen LogP contribution in [0.3, 0.4) is 0 Å². The molecule has 2 rings (SSSR count). The summed E-state index contributed by atoms with van der Waals surface area (Å²) in [5.41, 5.74) is 0.0228. The van der Waals surface area contributed by atoms with Gasteiger partial charge in [-0.1, -0.05) is 16.7 Å². The summed E-state index contributed by atoms with van der Waals surface area (Å²) in [5, 5.41) is 21.5. The molecule has 102 valence electrons. The zero-order valence-electron chi connectivity index (χ0n) is 9.76. The third-order valence-electron chi connectivity index (χ3n) is 2.19. The lowest BCUT2D eigenvalue weighted by atomic mass is 10.3. The van der Waals surface area contributed by atoms with Crippen LogP contribution < -0.4 is 4.74 Å². The van der Waals surface area contributed by atoms with Crippen LogP contribution in [0.25, 0.3) is 5.69 Å². The highest BCUT2D eigenvalue weighted by Gasteiger charge is 2.16. The molecule has 0 aliphatic rings. The third-order valence-corrected chi connectivity index (χ3v) is 2.51. The summed E-state index contributed by atoms with van der Waals surface area (Å²) in [4.78, 5) is 20.2. The first kappa shape index (κ1) is 13.7. The molecule has 0 amide bonds. The number of aromatic nitrogens is 4. The molecule has 1 aromatic heterocycles. The summed E-state index contributed by atoms with van der Waals surface area (Å²) >= 11 is 5.71. The van der Waals surface area contributed by atoms with Gasteiger partial charge in [-0.2, -0.15) is 4.68 Å². The highest BCUT2D eigenvalue weighted by molar-refractivity contribution is 6.32. The number of benzene rings is 1. The molecule has 0 radical (unpaired) electrons. The van der Waals surface area contributed by atoms with Crippen molar-refractivity contribution in [3.05, 3.63) is 39.4 Å². The summed E-state index contributed by atoms with van der Waals surface area (Å²) < 4.78 is 6.25. The lowest BCUT2D eigenvalue weighted by Gasteiger charge is -2.04. The monoisotopic (exact) mass is 295 g/mol. The van der Waals surface area contributed by atoms with Crippen LogP contribution in [0, 0.1) is 10.1 Å². The molecule has 0 aliphatic carbocycles. The Hall–Kier alpha value is -2.77. The van der Waals surface area contributed by atoms with E-state index in [-0.39, 0.29) is 23.3 Å². The van der Waals surface area contributed by atoms with Crippen LogP contribution >= 0.6 is 11.6 Å². The summed E-state index contributed by atoms with van der Waals surface area (Å²) in [6, 6.07) is 4.04. The molecule has 1 heterocycles. The van der Waals surface area contributed by atoms with E-state index in [0.717, 1.165) is 10.8 Å². The van der Waals surface area contributed by atoms with Crippen molar-refractivity contribution in [3.63, 3.8) is 0 Å². The van der Waals surface area contributed by atoms with Crippen molar-refractivity contribution in [3.8, 4) is 11.7 Å². The van der Waals surface area contributed by atoms with E-state index in [1.165, 1.54) is 24.1 Å². The Bertz CT molecular complexity index is 695. The minimum absolute atomic E-state index is 0.00168. The lowest BCUT2D eigenvalue weighted by molar-refractivity contribution is -0.384.